The topological polar surface area (TPSA) is 32.7 Å². The Kier molecular flexibility index (Phi) is 11.3. The van der Waals surface area contributed by atoms with Gasteiger partial charge in [-0.3, -0.25) is 0 Å². The average molecular weight is 384 g/mol. The summed E-state index contributed by atoms with van der Waals surface area (Å²) in [4.78, 5) is 2.52. The van der Waals surface area contributed by atoms with Crippen LogP contribution in [0, 0.1) is 0 Å². The molecule has 0 amide bonds. The minimum atomic E-state index is -0.712. The molecule has 1 aromatic rings. The average Bonchev–Trinajstić information content (AvgIpc) is 2.67. The van der Waals surface area contributed by atoms with Crippen LogP contribution < -0.4 is 4.74 Å². The number of rotatable bonds is 11. The van der Waals surface area contributed by atoms with Gasteiger partial charge in [0.25, 0.3) is 0 Å². The first kappa shape index (κ1) is 23.3. The summed E-state index contributed by atoms with van der Waals surface area (Å²) in [7, 11) is 1.69. The first-order valence-corrected chi connectivity index (χ1v) is 10.3. The molecule has 1 aromatic carbocycles. The Bertz CT molecular complexity index is 474. The Labute approximate surface area is 166 Å². The number of likely N-dealkylation sites (tertiary alicyclic amines) is 1. The maximum absolute atomic E-state index is 11.5. The summed E-state index contributed by atoms with van der Waals surface area (Å²) in [5.41, 5.74) is 0.330. The Morgan fingerprint density at radius 1 is 0.962 bits per heavy atom. The number of unbranched alkanes of at least 4 members (excludes halogenated alkanes) is 4. The third-order valence-electron chi connectivity index (χ3n) is 5.61. The molecule has 1 unspecified atom stereocenters. The zero-order chi connectivity index (χ0) is 18.0. The second-order valence-corrected chi connectivity index (χ2v) is 7.58. The molecule has 0 bridgehead atoms. The van der Waals surface area contributed by atoms with Gasteiger partial charge in [-0.25, -0.2) is 0 Å². The summed E-state index contributed by atoms with van der Waals surface area (Å²) in [6.07, 6.45) is 11.8. The van der Waals surface area contributed by atoms with Gasteiger partial charge in [0.15, 0.2) is 0 Å². The van der Waals surface area contributed by atoms with Crippen molar-refractivity contribution in [3.63, 3.8) is 0 Å². The highest BCUT2D eigenvalue weighted by atomic mass is 35.5. The van der Waals surface area contributed by atoms with Gasteiger partial charge in [0, 0.05) is 6.54 Å². The minimum absolute atomic E-state index is 0. The van der Waals surface area contributed by atoms with Crippen molar-refractivity contribution in [3.8, 4) is 5.75 Å². The van der Waals surface area contributed by atoms with Gasteiger partial charge in [-0.15, -0.1) is 12.4 Å². The fourth-order valence-electron chi connectivity index (χ4n) is 3.86. The number of halogens is 1. The van der Waals surface area contributed by atoms with Crippen LogP contribution in [0.15, 0.2) is 24.3 Å². The van der Waals surface area contributed by atoms with Crippen LogP contribution in [0.3, 0.4) is 0 Å². The van der Waals surface area contributed by atoms with E-state index in [0.29, 0.717) is 0 Å². The molecule has 150 valence electrons. The summed E-state index contributed by atoms with van der Waals surface area (Å²) >= 11 is 0. The largest absolute Gasteiger partial charge is 0.497 e. The number of methoxy groups -OCH3 is 1. The Morgan fingerprint density at radius 3 is 2.23 bits per heavy atom. The van der Waals surface area contributed by atoms with Gasteiger partial charge in [-0.1, -0.05) is 57.6 Å². The number of nitrogens with zero attached hydrogens (tertiary/aromatic N) is 1. The summed E-state index contributed by atoms with van der Waals surface area (Å²) in [5.74, 6) is 0.852. The first-order chi connectivity index (χ1) is 12.2. The van der Waals surface area contributed by atoms with Gasteiger partial charge < -0.3 is 14.7 Å². The molecule has 0 radical (unpaired) electrons. The summed E-state index contributed by atoms with van der Waals surface area (Å²) in [5, 5.41) is 11.5. The van der Waals surface area contributed by atoms with Gasteiger partial charge in [0.1, 0.15) is 5.75 Å². The molecule has 1 heterocycles. The zero-order valence-electron chi connectivity index (χ0n) is 16.7. The van der Waals surface area contributed by atoms with E-state index in [1.165, 1.54) is 58.0 Å². The SMILES string of the molecule is CCCCCCCC(O)(CCN1CCCCC1)c1ccc(OC)cc1.Cl. The third kappa shape index (κ3) is 7.46. The monoisotopic (exact) mass is 383 g/mol. The van der Waals surface area contributed by atoms with E-state index in [4.69, 9.17) is 4.74 Å². The quantitative estimate of drug-likeness (QED) is 0.509. The van der Waals surface area contributed by atoms with Crippen molar-refractivity contribution in [3.05, 3.63) is 29.8 Å². The molecule has 1 aliphatic heterocycles. The lowest BCUT2D eigenvalue weighted by Gasteiger charge is -2.33. The highest BCUT2D eigenvalue weighted by molar-refractivity contribution is 5.85. The number of ether oxygens (including phenoxy) is 1. The van der Waals surface area contributed by atoms with Crippen molar-refractivity contribution in [2.24, 2.45) is 0 Å². The summed E-state index contributed by atoms with van der Waals surface area (Å²) in [6, 6.07) is 8.03. The lowest BCUT2D eigenvalue weighted by atomic mass is 9.85. The van der Waals surface area contributed by atoms with Crippen molar-refractivity contribution >= 4 is 12.4 Å². The third-order valence-corrected chi connectivity index (χ3v) is 5.61. The van der Waals surface area contributed by atoms with E-state index < -0.39 is 5.60 Å². The van der Waals surface area contributed by atoms with E-state index in [2.05, 4.69) is 11.8 Å². The van der Waals surface area contributed by atoms with Crippen LogP contribution in [0.4, 0.5) is 0 Å². The van der Waals surface area contributed by atoms with Crippen LogP contribution in [0.1, 0.15) is 76.7 Å². The molecule has 3 nitrogen and oxygen atoms in total. The predicted octanol–water partition coefficient (Wildman–Crippen LogP) is 5.54. The van der Waals surface area contributed by atoms with Gasteiger partial charge in [-0.05, 0) is 56.5 Å². The van der Waals surface area contributed by atoms with Crippen molar-refractivity contribution in [2.45, 2.75) is 76.7 Å². The molecule has 4 heteroatoms. The maximum atomic E-state index is 11.5. The van der Waals surface area contributed by atoms with Crippen LogP contribution >= 0.6 is 12.4 Å². The Balaban J connectivity index is 0.00000338. The Morgan fingerprint density at radius 2 is 1.62 bits per heavy atom. The van der Waals surface area contributed by atoms with Crippen LogP contribution in [0.2, 0.25) is 0 Å². The molecular formula is C22H38ClNO2. The number of aliphatic hydroxyl groups is 1. The molecule has 2 rings (SSSR count). The van der Waals surface area contributed by atoms with Crippen molar-refractivity contribution < 1.29 is 9.84 Å². The molecule has 0 aromatic heterocycles. The summed E-state index contributed by atoms with van der Waals surface area (Å²) in [6.45, 7) is 5.62. The lowest BCUT2D eigenvalue weighted by molar-refractivity contribution is 0.00475. The van der Waals surface area contributed by atoms with E-state index in [-0.39, 0.29) is 12.4 Å². The molecule has 1 fully saturated rings. The molecule has 0 spiro atoms. The van der Waals surface area contributed by atoms with Crippen LogP contribution in [-0.4, -0.2) is 36.8 Å². The first-order valence-electron chi connectivity index (χ1n) is 10.3. The highest BCUT2D eigenvalue weighted by Crippen LogP contribution is 2.33. The van der Waals surface area contributed by atoms with Crippen molar-refractivity contribution in [1.82, 2.24) is 4.90 Å². The van der Waals surface area contributed by atoms with Crippen LogP contribution in [0.25, 0.3) is 0 Å². The molecule has 0 aliphatic carbocycles. The maximum Gasteiger partial charge on any atom is 0.118 e. The minimum Gasteiger partial charge on any atom is -0.497 e. The molecular weight excluding hydrogens is 346 g/mol. The van der Waals surface area contributed by atoms with Crippen LogP contribution in [0.5, 0.6) is 5.75 Å². The molecule has 1 N–H and O–H groups in total. The fourth-order valence-corrected chi connectivity index (χ4v) is 3.86. The van der Waals surface area contributed by atoms with Crippen LogP contribution in [-0.2, 0) is 5.60 Å². The molecule has 1 saturated heterocycles. The zero-order valence-corrected chi connectivity index (χ0v) is 17.5. The van der Waals surface area contributed by atoms with Crippen molar-refractivity contribution in [1.29, 1.82) is 0 Å². The summed E-state index contributed by atoms with van der Waals surface area (Å²) < 4.78 is 5.27. The van der Waals surface area contributed by atoms with E-state index >= 15 is 0 Å². The number of hydrogen-bond acceptors (Lipinski definition) is 3. The normalized spacial score (nSPS) is 17.3. The highest BCUT2D eigenvalue weighted by Gasteiger charge is 2.29. The number of hydrogen-bond donors (Lipinski definition) is 1. The number of piperidine rings is 1. The molecule has 0 saturated carbocycles. The second kappa shape index (κ2) is 12.6. The number of benzene rings is 1. The van der Waals surface area contributed by atoms with E-state index in [1.807, 2.05) is 24.3 Å². The van der Waals surface area contributed by atoms with Gasteiger partial charge >= 0.3 is 0 Å². The molecule has 26 heavy (non-hydrogen) atoms. The molecule has 1 aliphatic rings. The smallest absolute Gasteiger partial charge is 0.118 e. The van der Waals surface area contributed by atoms with E-state index in [1.54, 1.807) is 7.11 Å². The van der Waals surface area contributed by atoms with Crippen molar-refractivity contribution in [2.75, 3.05) is 26.7 Å². The Hall–Kier alpha value is -0.770. The predicted molar refractivity (Wildman–Crippen MR) is 112 cm³/mol. The van der Waals surface area contributed by atoms with E-state index in [0.717, 1.165) is 37.1 Å². The lowest BCUT2D eigenvalue weighted by Crippen LogP contribution is -2.36. The standard InChI is InChI=1S/C22H37NO2.ClH/c1-3-4-5-6-8-15-22(24,16-19-23-17-9-7-10-18-23)20-11-13-21(25-2)14-12-20;/h11-14,24H,3-10,15-19H2,1-2H3;1H. The second-order valence-electron chi connectivity index (χ2n) is 7.58. The fraction of sp³-hybridized carbons (Fsp3) is 0.727. The van der Waals surface area contributed by atoms with Gasteiger partial charge in [-0.2, -0.15) is 0 Å². The van der Waals surface area contributed by atoms with E-state index in [9.17, 15) is 5.11 Å². The van der Waals surface area contributed by atoms with Gasteiger partial charge in [0.05, 0.1) is 12.7 Å². The molecule has 1 atom stereocenters. The van der Waals surface area contributed by atoms with Gasteiger partial charge in [0.2, 0.25) is 0 Å².